The summed E-state index contributed by atoms with van der Waals surface area (Å²) in [6.45, 7) is 0.882. The van der Waals surface area contributed by atoms with E-state index in [9.17, 15) is 4.79 Å². The van der Waals surface area contributed by atoms with Crippen molar-refractivity contribution in [1.29, 1.82) is 0 Å². The van der Waals surface area contributed by atoms with Crippen LogP contribution in [0.5, 0.6) is 0 Å². The van der Waals surface area contributed by atoms with Gasteiger partial charge in [0, 0.05) is 12.4 Å². The van der Waals surface area contributed by atoms with Crippen molar-refractivity contribution in [2.45, 2.75) is 6.04 Å². The fourth-order valence-electron chi connectivity index (χ4n) is 0.848. The van der Waals surface area contributed by atoms with Crippen LogP contribution in [0.15, 0.2) is 0 Å². The molecular weight excluding hydrogens is 198 g/mol. The van der Waals surface area contributed by atoms with E-state index in [-0.39, 0.29) is 18.6 Å². The van der Waals surface area contributed by atoms with Crippen molar-refractivity contribution in [2.24, 2.45) is 0 Å². The van der Waals surface area contributed by atoms with Gasteiger partial charge in [-0.05, 0) is 0 Å². The number of likely N-dealkylation sites (N-methyl/N-ethyl adjacent to an activating group) is 1. The number of hydrogen-bond donors (Lipinski definition) is 0. The molecule has 58 valence electrons. The van der Waals surface area contributed by atoms with Gasteiger partial charge in [0.15, 0.2) is 0 Å². The molecule has 0 aromatic rings. The molecular formula is C6H10BrNO2. The van der Waals surface area contributed by atoms with Crippen molar-refractivity contribution in [3.8, 4) is 0 Å². The van der Waals surface area contributed by atoms with Crippen molar-refractivity contribution in [3.05, 3.63) is 0 Å². The Labute approximate surface area is 68.5 Å². The van der Waals surface area contributed by atoms with Gasteiger partial charge in [0.2, 0.25) is 5.91 Å². The quantitative estimate of drug-likeness (QED) is 0.577. The van der Waals surface area contributed by atoms with Gasteiger partial charge in [0.1, 0.15) is 6.61 Å². The summed E-state index contributed by atoms with van der Waals surface area (Å²) in [5.41, 5.74) is 0. The Morgan fingerprint density at radius 3 is 3.10 bits per heavy atom. The minimum Gasteiger partial charge on any atom is -0.369 e. The molecule has 1 atom stereocenters. The maximum atomic E-state index is 10.9. The molecule has 1 saturated heterocycles. The zero-order chi connectivity index (χ0) is 7.56. The molecule has 0 radical (unpaired) electrons. The van der Waals surface area contributed by atoms with Crippen LogP contribution in [0, 0.1) is 0 Å². The van der Waals surface area contributed by atoms with Gasteiger partial charge in [-0.3, -0.25) is 4.79 Å². The van der Waals surface area contributed by atoms with Gasteiger partial charge in [-0.1, -0.05) is 15.9 Å². The maximum Gasteiger partial charge on any atom is 0.248 e. The van der Waals surface area contributed by atoms with E-state index in [1.54, 1.807) is 11.9 Å². The molecule has 1 aliphatic heterocycles. The van der Waals surface area contributed by atoms with Crippen LogP contribution in [-0.4, -0.2) is 42.4 Å². The highest BCUT2D eigenvalue weighted by atomic mass is 79.9. The molecule has 1 unspecified atom stereocenters. The molecule has 1 fully saturated rings. The molecule has 4 heteroatoms. The predicted octanol–water partition coefficient (Wildman–Crippen LogP) is 0.238. The van der Waals surface area contributed by atoms with Gasteiger partial charge in [0.25, 0.3) is 0 Å². The zero-order valence-electron chi connectivity index (χ0n) is 5.84. The second kappa shape index (κ2) is 3.34. The molecule has 3 nitrogen and oxygen atoms in total. The standard InChI is InChI=1S/C6H10BrNO2/c1-8-5(2-7)3-10-4-6(8)9/h5H,2-4H2,1H3. The van der Waals surface area contributed by atoms with Crippen molar-refractivity contribution >= 4 is 21.8 Å². The summed E-state index contributed by atoms with van der Waals surface area (Å²) in [6, 6.07) is 0.209. The van der Waals surface area contributed by atoms with Gasteiger partial charge in [-0.2, -0.15) is 0 Å². The monoisotopic (exact) mass is 207 g/mol. The largest absolute Gasteiger partial charge is 0.369 e. The van der Waals surface area contributed by atoms with Gasteiger partial charge >= 0.3 is 0 Å². The first-order chi connectivity index (χ1) is 4.75. The summed E-state index contributed by atoms with van der Waals surface area (Å²) in [5, 5.41) is 0.787. The summed E-state index contributed by atoms with van der Waals surface area (Å²) in [5.74, 6) is 0.0655. The normalized spacial score (nSPS) is 27.2. The van der Waals surface area contributed by atoms with Crippen LogP contribution in [-0.2, 0) is 9.53 Å². The van der Waals surface area contributed by atoms with E-state index in [2.05, 4.69) is 15.9 Å². The van der Waals surface area contributed by atoms with Crippen LogP contribution in [0.25, 0.3) is 0 Å². The lowest BCUT2D eigenvalue weighted by Crippen LogP contribution is -2.47. The fraction of sp³-hybridized carbons (Fsp3) is 0.833. The smallest absolute Gasteiger partial charge is 0.248 e. The molecule has 10 heavy (non-hydrogen) atoms. The molecule has 0 bridgehead atoms. The average molecular weight is 208 g/mol. The number of halogens is 1. The van der Waals surface area contributed by atoms with Crippen molar-refractivity contribution in [2.75, 3.05) is 25.6 Å². The van der Waals surface area contributed by atoms with Gasteiger partial charge in [-0.25, -0.2) is 0 Å². The number of rotatable bonds is 1. The third-order valence-corrected chi connectivity index (χ3v) is 2.40. The van der Waals surface area contributed by atoms with Gasteiger partial charge in [0.05, 0.1) is 12.6 Å². The Balaban J connectivity index is 2.51. The first-order valence-corrected chi connectivity index (χ1v) is 4.27. The molecule has 1 rings (SSSR count). The van der Waals surface area contributed by atoms with E-state index in [0.29, 0.717) is 6.61 Å². The Morgan fingerprint density at radius 1 is 1.90 bits per heavy atom. The molecule has 0 spiro atoms. The number of amides is 1. The molecule has 0 aromatic carbocycles. The Morgan fingerprint density at radius 2 is 2.60 bits per heavy atom. The van der Waals surface area contributed by atoms with Crippen molar-refractivity contribution < 1.29 is 9.53 Å². The minimum atomic E-state index is 0.0655. The van der Waals surface area contributed by atoms with Crippen LogP contribution in [0.2, 0.25) is 0 Å². The number of nitrogens with zero attached hydrogens (tertiary/aromatic N) is 1. The van der Waals surface area contributed by atoms with E-state index in [1.807, 2.05) is 0 Å². The Kier molecular flexibility index (Phi) is 2.68. The highest BCUT2D eigenvalue weighted by molar-refractivity contribution is 9.09. The number of carbonyl (C=O) groups excluding carboxylic acids is 1. The Hall–Kier alpha value is -0.0900. The average Bonchev–Trinajstić information content (AvgIpc) is 1.95. The van der Waals surface area contributed by atoms with Crippen LogP contribution in [0.1, 0.15) is 0 Å². The zero-order valence-corrected chi connectivity index (χ0v) is 7.43. The van der Waals surface area contributed by atoms with E-state index < -0.39 is 0 Å². The first kappa shape index (κ1) is 8.01. The summed E-state index contributed by atoms with van der Waals surface area (Å²) < 4.78 is 5.03. The number of ether oxygens (including phenoxy) is 1. The van der Waals surface area contributed by atoms with Crippen LogP contribution < -0.4 is 0 Å². The van der Waals surface area contributed by atoms with Crippen LogP contribution in [0.4, 0.5) is 0 Å². The first-order valence-electron chi connectivity index (χ1n) is 3.15. The third-order valence-electron chi connectivity index (χ3n) is 1.66. The second-order valence-electron chi connectivity index (χ2n) is 2.33. The summed E-state index contributed by atoms with van der Waals surface area (Å²) in [6.07, 6.45) is 0. The lowest BCUT2D eigenvalue weighted by atomic mass is 10.3. The minimum absolute atomic E-state index is 0.0655. The molecule has 0 aliphatic carbocycles. The summed E-state index contributed by atoms with van der Waals surface area (Å²) in [4.78, 5) is 12.7. The summed E-state index contributed by atoms with van der Waals surface area (Å²) in [7, 11) is 1.80. The highest BCUT2D eigenvalue weighted by Gasteiger charge is 2.23. The number of morpholine rings is 1. The molecule has 0 N–H and O–H groups in total. The number of alkyl halides is 1. The van der Waals surface area contributed by atoms with Gasteiger partial charge < -0.3 is 9.64 Å². The predicted molar refractivity (Wildman–Crippen MR) is 41.2 cm³/mol. The lowest BCUT2D eigenvalue weighted by molar-refractivity contribution is -0.144. The second-order valence-corrected chi connectivity index (χ2v) is 2.98. The number of hydrogen-bond acceptors (Lipinski definition) is 2. The van der Waals surface area contributed by atoms with E-state index >= 15 is 0 Å². The third kappa shape index (κ3) is 1.49. The van der Waals surface area contributed by atoms with Crippen LogP contribution in [0.3, 0.4) is 0 Å². The molecule has 1 aliphatic rings. The van der Waals surface area contributed by atoms with E-state index in [1.165, 1.54) is 0 Å². The SMILES string of the molecule is CN1C(=O)COCC1CBr. The Bertz CT molecular complexity index is 140. The van der Waals surface area contributed by atoms with E-state index in [0.717, 1.165) is 5.33 Å². The van der Waals surface area contributed by atoms with Gasteiger partial charge in [-0.15, -0.1) is 0 Å². The molecule has 1 heterocycles. The van der Waals surface area contributed by atoms with Crippen molar-refractivity contribution in [3.63, 3.8) is 0 Å². The maximum absolute atomic E-state index is 10.9. The fourth-order valence-corrected chi connectivity index (χ4v) is 1.47. The molecule has 0 saturated carbocycles. The summed E-state index contributed by atoms with van der Waals surface area (Å²) >= 11 is 3.30. The molecule has 0 aromatic heterocycles. The highest BCUT2D eigenvalue weighted by Crippen LogP contribution is 2.07. The topological polar surface area (TPSA) is 29.5 Å². The molecule has 1 amide bonds. The lowest BCUT2D eigenvalue weighted by Gasteiger charge is -2.30. The van der Waals surface area contributed by atoms with Crippen molar-refractivity contribution in [1.82, 2.24) is 4.90 Å². The van der Waals surface area contributed by atoms with Crippen LogP contribution >= 0.6 is 15.9 Å². The number of carbonyl (C=O) groups is 1. The van der Waals surface area contributed by atoms with E-state index in [4.69, 9.17) is 4.74 Å².